The van der Waals surface area contributed by atoms with Gasteiger partial charge in [-0.3, -0.25) is 0 Å². The molecule has 0 bridgehead atoms. The van der Waals surface area contributed by atoms with Gasteiger partial charge in [-0.05, 0) is 51.0 Å². The number of para-hydroxylation sites is 2. The Balaban J connectivity index is 1.57. The van der Waals surface area contributed by atoms with Crippen LogP contribution in [0, 0.1) is 0 Å². The molecule has 1 saturated heterocycles. The highest BCUT2D eigenvalue weighted by Crippen LogP contribution is 2.44. The second-order valence-corrected chi connectivity index (χ2v) is 9.75. The average Bonchev–Trinajstić information content (AvgIpc) is 3.19. The molecule has 0 saturated carbocycles. The molecule has 0 amide bonds. The lowest BCUT2D eigenvalue weighted by Crippen LogP contribution is -2.59. The van der Waals surface area contributed by atoms with Crippen molar-refractivity contribution in [2.45, 2.75) is 52.0 Å². The van der Waals surface area contributed by atoms with E-state index in [-0.39, 0.29) is 25.1 Å². The first kappa shape index (κ1) is 21.2. The fraction of sp³-hybridized carbons (Fsp3) is 0.308. The zero-order valence-electron chi connectivity index (χ0n) is 19.4. The van der Waals surface area contributed by atoms with E-state index in [1.165, 1.54) is 22.5 Å². The molecule has 0 aliphatic carbocycles. The van der Waals surface area contributed by atoms with Gasteiger partial charge in [0.25, 0.3) is 0 Å². The van der Waals surface area contributed by atoms with E-state index in [4.69, 9.17) is 9.31 Å². The van der Waals surface area contributed by atoms with Crippen LogP contribution in [0.3, 0.4) is 0 Å². The van der Waals surface area contributed by atoms with Crippen LogP contribution in [0.4, 0.5) is 11.4 Å². The molecule has 2 heterocycles. The van der Waals surface area contributed by atoms with Crippen molar-refractivity contribution in [3.63, 3.8) is 0 Å². The molecule has 0 atom stereocenters. The van der Waals surface area contributed by atoms with Gasteiger partial charge >= 0.3 is 13.9 Å². The lowest BCUT2D eigenvalue weighted by molar-refractivity contribution is 0.00578. The van der Waals surface area contributed by atoms with Crippen LogP contribution in [0.1, 0.15) is 38.8 Å². The average molecular weight is 424 g/mol. The van der Waals surface area contributed by atoms with Crippen molar-refractivity contribution in [3.05, 3.63) is 96.1 Å². The Morgan fingerprint density at radius 3 is 1.38 bits per heavy atom. The lowest BCUT2D eigenvalue weighted by Gasteiger charge is -2.32. The van der Waals surface area contributed by atoms with Gasteiger partial charge in [-0.15, -0.1) is 0 Å². The van der Waals surface area contributed by atoms with E-state index in [0.717, 1.165) is 13.1 Å². The molecule has 32 heavy (non-hydrogen) atoms. The Morgan fingerprint density at radius 2 is 0.969 bits per heavy atom. The Labute approximate surface area is 192 Å². The molecule has 2 aliphatic heterocycles. The van der Waals surface area contributed by atoms with Gasteiger partial charge in [-0.25, -0.2) is 0 Å². The third-order valence-electron chi connectivity index (χ3n) is 7.05. The molecule has 0 radical (unpaired) electrons. The summed E-state index contributed by atoms with van der Waals surface area (Å²) < 4.78 is 13.2. The predicted octanol–water partition coefficient (Wildman–Crippen LogP) is 5.37. The molecule has 3 aromatic rings. The van der Waals surface area contributed by atoms with Gasteiger partial charge in [0, 0.05) is 24.5 Å². The van der Waals surface area contributed by atoms with Crippen molar-refractivity contribution in [2.75, 3.05) is 9.62 Å². The Kier molecular flexibility index (Phi) is 5.31. The van der Waals surface area contributed by atoms with Crippen molar-refractivity contribution >= 4 is 25.3 Å². The minimum atomic E-state index is -0.386. The fourth-order valence-electron chi connectivity index (χ4n) is 4.63. The van der Waals surface area contributed by atoms with E-state index >= 15 is 0 Å². The third kappa shape index (κ3) is 3.72. The van der Waals surface area contributed by atoms with Crippen LogP contribution < -0.4 is 9.62 Å². The first-order chi connectivity index (χ1) is 15.4. The van der Waals surface area contributed by atoms with E-state index in [0.29, 0.717) is 0 Å². The summed E-state index contributed by atoms with van der Waals surface area (Å²) >= 11 is 0. The minimum absolute atomic E-state index is 0.0751. The zero-order valence-corrected chi connectivity index (χ0v) is 19.4. The first-order valence-corrected chi connectivity index (χ1v) is 11.4. The lowest BCUT2D eigenvalue weighted by atomic mass is 9.39. The molecular weight excluding hydrogens is 394 g/mol. The molecule has 0 aromatic heterocycles. The number of hydrogen-bond donors (Lipinski definition) is 0. The fourth-order valence-corrected chi connectivity index (χ4v) is 4.63. The number of hydrogen-bond acceptors (Lipinski definition) is 4. The van der Waals surface area contributed by atoms with Gasteiger partial charge in [0.05, 0.1) is 11.2 Å². The number of nitrogens with zero attached hydrogens (tertiary/aromatic N) is 2. The molecule has 2 aliphatic rings. The zero-order chi connectivity index (χ0) is 22.3. The Morgan fingerprint density at radius 1 is 0.594 bits per heavy atom. The van der Waals surface area contributed by atoms with Crippen LogP contribution >= 0.6 is 0 Å². The first-order valence-electron chi connectivity index (χ1n) is 11.4. The van der Waals surface area contributed by atoms with E-state index < -0.39 is 0 Å². The summed E-state index contributed by atoms with van der Waals surface area (Å²) in [4.78, 5) is 4.88. The number of anilines is 2. The van der Waals surface area contributed by atoms with E-state index in [9.17, 15) is 0 Å². The summed E-state index contributed by atoms with van der Waals surface area (Å²) in [7, 11) is -0.375. The largest absolute Gasteiger partial charge is 0.469 e. The van der Waals surface area contributed by atoms with Crippen LogP contribution in [-0.2, 0) is 22.4 Å². The molecule has 0 unspecified atom stereocenters. The highest BCUT2D eigenvalue weighted by atomic mass is 16.7. The maximum absolute atomic E-state index is 6.61. The highest BCUT2D eigenvalue weighted by Gasteiger charge is 2.61. The quantitative estimate of drug-likeness (QED) is 0.515. The second-order valence-electron chi connectivity index (χ2n) is 9.75. The van der Waals surface area contributed by atoms with E-state index in [1.54, 1.807) is 0 Å². The summed E-state index contributed by atoms with van der Waals surface area (Å²) in [6.07, 6.45) is 0. The summed E-state index contributed by atoms with van der Waals surface area (Å²) in [6, 6.07) is 29.9. The molecule has 162 valence electrons. The third-order valence-corrected chi connectivity index (χ3v) is 7.05. The van der Waals surface area contributed by atoms with Crippen molar-refractivity contribution in [2.24, 2.45) is 0 Å². The maximum Gasteiger partial charge on any atom is 0.469 e. The van der Waals surface area contributed by atoms with Gasteiger partial charge in [-0.1, -0.05) is 72.8 Å². The number of benzene rings is 3. The van der Waals surface area contributed by atoms with Crippen molar-refractivity contribution in [1.29, 1.82) is 0 Å². The maximum atomic E-state index is 6.61. The molecule has 4 nitrogen and oxygen atoms in total. The van der Waals surface area contributed by atoms with Gasteiger partial charge in [0.2, 0.25) is 0 Å². The van der Waals surface area contributed by atoms with Crippen LogP contribution in [-0.4, -0.2) is 25.1 Å². The van der Waals surface area contributed by atoms with Gasteiger partial charge in [0.1, 0.15) is 0 Å². The Bertz CT molecular complexity index is 991. The van der Waals surface area contributed by atoms with E-state index in [1.807, 2.05) is 0 Å². The van der Waals surface area contributed by atoms with E-state index in [2.05, 4.69) is 122 Å². The van der Waals surface area contributed by atoms with Crippen molar-refractivity contribution < 1.29 is 9.31 Å². The van der Waals surface area contributed by atoms with Crippen LogP contribution in [0.15, 0.2) is 84.9 Å². The summed E-state index contributed by atoms with van der Waals surface area (Å²) in [5.74, 6) is 0. The number of rotatable bonds is 5. The normalized spacial score (nSPS) is 18.9. The highest BCUT2D eigenvalue weighted by molar-refractivity contribution is 7.21. The van der Waals surface area contributed by atoms with Gasteiger partial charge in [-0.2, -0.15) is 0 Å². The monoisotopic (exact) mass is 424 g/mol. The molecule has 3 aromatic carbocycles. The summed E-state index contributed by atoms with van der Waals surface area (Å²) in [6.45, 7) is 10.00. The van der Waals surface area contributed by atoms with Crippen LogP contribution in [0.5, 0.6) is 0 Å². The molecule has 0 spiro atoms. The van der Waals surface area contributed by atoms with Crippen molar-refractivity contribution in [1.82, 2.24) is 0 Å². The molecule has 0 N–H and O–H groups in total. The second kappa shape index (κ2) is 8.02. The number of fused-ring (bicyclic) bond motifs is 1. The smallest absolute Gasteiger partial charge is 0.406 e. The topological polar surface area (TPSA) is 24.9 Å². The molecule has 6 heteroatoms. The summed E-state index contributed by atoms with van der Waals surface area (Å²) in [5, 5.41) is 0. The van der Waals surface area contributed by atoms with Gasteiger partial charge < -0.3 is 18.9 Å². The van der Waals surface area contributed by atoms with Crippen molar-refractivity contribution in [3.8, 4) is 0 Å². The SMILES string of the molecule is CC1(C)OB(B2N(Cc3ccccc3)c3ccccc3N2Cc2ccccc2)OC1(C)C. The minimum Gasteiger partial charge on any atom is -0.406 e. The van der Waals surface area contributed by atoms with Crippen LogP contribution in [0.2, 0.25) is 0 Å². The predicted molar refractivity (Wildman–Crippen MR) is 134 cm³/mol. The molecule has 1 fully saturated rings. The van der Waals surface area contributed by atoms with Gasteiger partial charge in [0.15, 0.2) is 0 Å². The molecule has 5 rings (SSSR count). The van der Waals surface area contributed by atoms with Crippen LogP contribution in [0.25, 0.3) is 0 Å². The summed E-state index contributed by atoms with van der Waals surface area (Å²) in [5.41, 5.74) is 4.20. The molecular formula is C26H30B2N2O2. The Hall–Kier alpha value is -2.69. The standard InChI is InChI=1S/C26H30B2N2O2/c1-25(2)26(3,4)32-28(31-25)27-29(19-21-13-7-5-8-14-21)23-17-11-12-18-24(23)30(27)20-22-15-9-6-10-16-22/h5-18H,19-20H2,1-4H3.